The van der Waals surface area contributed by atoms with E-state index in [1.54, 1.807) is 22.6 Å². The van der Waals surface area contributed by atoms with Gasteiger partial charge in [0.1, 0.15) is 5.54 Å². The van der Waals surface area contributed by atoms with Crippen molar-refractivity contribution in [3.8, 4) is 0 Å². The molecule has 1 aromatic heterocycles. The first-order valence-electron chi connectivity index (χ1n) is 5.69. The van der Waals surface area contributed by atoms with Crippen molar-refractivity contribution in [1.82, 2.24) is 15.1 Å². The number of amides is 1. The maximum atomic E-state index is 11.7. The number of aryl methyl sites for hydroxylation is 1. The maximum Gasteiger partial charge on any atom is 0.238 e. The average molecular weight is 254 g/mol. The largest absolute Gasteiger partial charge is 0.368 e. The third kappa shape index (κ3) is 2.47. The highest BCUT2D eigenvalue weighted by Gasteiger charge is 2.48. The molecule has 5 nitrogen and oxygen atoms in total. The van der Waals surface area contributed by atoms with Gasteiger partial charge < -0.3 is 11.1 Å². The predicted molar refractivity (Wildman–Crippen MR) is 67.6 cm³/mol. The van der Waals surface area contributed by atoms with Crippen LogP contribution in [-0.2, 0) is 11.8 Å². The zero-order valence-corrected chi connectivity index (χ0v) is 11.0. The Morgan fingerprint density at radius 1 is 1.76 bits per heavy atom. The Kier molecular flexibility index (Phi) is 3.44. The number of nitrogens with one attached hydrogen (secondary N) is 1. The molecule has 94 valence electrons. The number of hydrogen-bond donors (Lipinski definition) is 2. The second kappa shape index (κ2) is 4.70. The lowest BCUT2D eigenvalue weighted by molar-refractivity contribution is -0.124. The quantitative estimate of drug-likeness (QED) is 0.719. The second-order valence-corrected chi connectivity index (χ2v) is 5.55. The van der Waals surface area contributed by atoms with Gasteiger partial charge in [0.2, 0.25) is 5.91 Å². The predicted octanol–water partition coefficient (Wildman–Crippen LogP) is 0.366. The number of carbonyl (C=O) groups is 1. The van der Waals surface area contributed by atoms with E-state index in [2.05, 4.69) is 10.4 Å². The summed E-state index contributed by atoms with van der Waals surface area (Å²) in [6.45, 7) is 0. The number of nitrogens with two attached hydrogens (primary N) is 1. The van der Waals surface area contributed by atoms with Gasteiger partial charge in [0, 0.05) is 23.9 Å². The van der Waals surface area contributed by atoms with Crippen LogP contribution in [0, 0.1) is 5.92 Å². The summed E-state index contributed by atoms with van der Waals surface area (Å²) in [5.41, 5.74) is 4.99. The standard InChI is InChI=1S/C11H18N4OS/c1-13-11(10(12)16,8-3-4-8)7-17-9-5-14-15(2)6-9/h5-6,8,13H,3-4,7H2,1-2H3,(H2,12,16). The highest BCUT2D eigenvalue weighted by molar-refractivity contribution is 7.99. The van der Waals surface area contributed by atoms with E-state index in [1.807, 2.05) is 20.3 Å². The van der Waals surface area contributed by atoms with Crippen LogP contribution in [0.1, 0.15) is 12.8 Å². The van der Waals surface area contributed by atoms with Crippen LogP contribution in [0.3, 0.4) is 0 Å². The van der Waals surface area contributed by atoms with Gasteiger partial charge in [-0.25, -0.2) is 0 Å². The molecule has 0 saturated heterocycles. The lowest BCUT2D eigenvalue weighted by atomic mass is 9.95. The Bertz CT molecular complexity index is 415. The Balaban J connectivity index is 2.05. The van der Waals surface area contributed by atoms with Gasteiger partial charge in [-0.3, -0.25) is 9.48 Å². The summed E-state index contributed by atoms with van der Waals surface area (Å²) in [5, 5.41) is 7.24. The number of nitrogens with zero attached hydrogens (tertiary/aromatic N) is 2. The molecule has 1 atom stereocenters. The molecule has 0 bridgehead atoms. The van der Waals surface area contributed by atoms with Crippen molar-refractivity contribution < 1.29 is 4.79 Å². The number of aromatic nitrogens is 2. The van der Waals surface area contributed by atoms with Crippen molar-refractivity contribution in [2.24, 2.45) is 18.7 Å². The molecule has 1 fully saturated rings. The van der Waals surface area contributed by atoms with Crippen LogP contribution >= 0.6 is 11.8 Å². The molecule has 1 aromatic rings. The maximum absolute atomic E-state index is 11.7. The number of hydrogen-bond acceptors (Lipinski definition) is 4. The molecule has 1 aliphatic rings. The van der Waals surface area contributed by atoms with Crippen LogP contribution in [0.4, 0.5) is 0 Å². The van der Waals surface area contributed by atoms with Gasteiger partial charge in [0.25, 0.3) is 0 Å². The highest BCUT2D eigenvalue weighted by Crippen LogP contribution is 2.42. The van der Waals surface area contributed by atoms with Gasteiger partial charge in [0.05, 0.1) is 6.20 Å². The van der Waals surface area contributed by atoms with E-state index in [9.17, 15) is 4.79 Å². The first-order valence-corrected chi connectivity index (χ1v) is 6.67. The Morgan fingerprint density at radius 3 is 2.88 bits per heavy atom. The molecule has 0 spiro atoms. The highest BCUT2D eigenvalue weighted by atomic mass is 32.2. The number of likely N-dealkylation sites (N-methyl/N-ethyl adjacent to an activating group) is 1. The topological polar surface area (TPSA) is 72.9 Å². The molecule has 1 saturated carbocycles. The van der Waals surface area contributed by atoms with Crippen LogP contribution in [0.15, 0.2) is 17.3 Å². The zero-order valence-electron chi connectivity index (χ0n) is 10.1. The molecule has 1 heterocycles. The second-order valence-electron chi connectivity index (χ2n) is 4.50. The van der Waals surface area contributed by atoms with Crippen molar-refractivity contribution in [2.75, 3.05) is 12.8 Å². The Hall–Kier alpha value is -1.01. The summed E-state index contributed by atoms with van der Waals surface area (Å²) in [5.74, 6) is 0.794. The third-order valence-electron chi connectivity index (χ3n) is 3.31. The fraction of sp³-hybridized carbons (Fsp3) is 0.636. The zero-order chi connectivity index (χ0) is 12.5. The summed E-state index contributed by atoms with van der Waals surface area (Å²) in [7, 11) is 3.69. The van der Waals surface area contributed by atoms with Gasteiger partial charge in [-0.05, 0) is 25.8 Å². The van der Waals surface area contributed by atoms with Gasteiger partial charge >= 0.3 is 0 Å². The molecule has 1 aliphatic carbocycles. The molecule has 1 unspecified atom stereocenters. The van der Waals surface area contributed by atoms with Crippen molar-refractivity contribution in [3.05, 3.63) is 12.4 Å². The van der Waals surface area contributed by atoms with E-state index in [4.69, 9.17) is 5.73 Å². The average Bonchev–Trinajstić information content (AvgIpc) is 3.04. The van der Waals surface area contributed by atoms with Crippen LogP contribution in [0.2, 0.25) is 0 Å². The molecule has 1 amide bonds. The van der Waals surface area contributed by atoms with E-state index in [0.29, 0.717) is 11.7 Å². The molecular formula is C11H18N4OS. The number of carbonyl (C=O) groups excluding carboxylic acids is 1. The lowest BCUT2D eigenvalue weighted by Crippen LogP contribution is -2.57. The number of thioether (sulfide) groups is 1. The summed E-state index contributed by atoms with van der Waals surface area (Å²) in [6.07, 6.45) is 5.91. The fourth-order valence-corrected chi connectivity index (χ4v) is 3.30. The summed E-state index contributed by atoms with van der Waals surface area (Å²) in [6, 6.07) is 0. The Morgan fingerprint density at radius 2 is 2.47 bits per heavy atom. The molecule has 6 heteroatoms. The van der Waals surface area contributed by atoms with E-state index in [-0.39, 0.29) is 5.91 Å². The normalized spacial score (nSPS) is 18.9. The van der Waals surface area contributed by atoms with Gasteiger partial charge in [0.15, 0.2) is 0 Å². The molecule has 0 aromatic carbocycles. The number of primary amides is 1. The monoisotopic (exact) mass is 254 g/mol. The lowest BCUT2D eigenvalue weighted by Gasteiger charge is -2.29. The minimum Gasteiger partial charge on any atom is -0.368 e. The van der Waals surface area contributed by atoms with E-state index in [0.717, 1.165) is 17.7 Å². The first kappa shape index (κ1) is 12.4. The molecule has 0 radical (unpaired) electrons. The minimum atomic E-state index is -0.569. The van der Waals surface area contributed by atoms with Gasteiger partial charge in [-0.2, -0.15) is 5.10 Å². The molecule has 0 aliphatic heterocycles. The summed E-state index contributed by atoms with van der Waals surface area (Å²) < 4.78 is 1.75. The van der Waals surface area contributed by atoms with E-state index < -0.39 is 5.54 Å². The molecule has 17 heavy (non-hydrogen) atoms. The van der Waals surface area contributed by atoms with Crippen LogP contribution < -0.4 is 11.1 Å². The number of rotatable bonds is 6. The van der Waals surface area contributed by atoms with Crippen molar-refractivity contribution in [3.63, 3.8) is 0 Å². The molecule has 2 rings (SSSR count). The first-order chi connectivity index (χ1) is 8.08. The fourth-order valence-electron chi connectivity index (χ4n) is 2.04. The van der Waals surface area contributed by atoms with Gasteiger partial charge in [-0.15, -0.1) is 11.8 Å². The van der Waals surface area contributed by atoms with E-state index >= 15 is 0 Å². The molecular weight excluding hydrogens is 236 g/mol. The van der Waals surface area contributed by atoms with Crippen molar-refractivity contribution >= 4 is 17.7 Å². The van der Waals surface area contributed by atoms with Crippen molar-refractivity contribution in [1.29, 1.82) is 0 Å². The smallest absolute Gasteiger partial charge is 0.238 e. The van der Waals surface area contributed by atoms with E-state index in [1.165, 1.54) is 0 Å². The summed E-state index contributed by atoms with van der Waals surface area (Å²) >= 11 is 1.62. The Labute approximate surface area is 105 Å². The van der Waals surface area contributed by atoms with Crippen LogP contribution in [0.5, 0.6) is 0 Å². The SMILES string of the molecule is CNC(CSc1cnn(C)c1)(C(N)=O)C1CC1. The van der Waals surface area contributed by atoms with Gasteiger partial charge in [-0.1, -0.05) is 0 Å². The van der Waals surface area contributed by atoms with Crippen LogP contribution in [-0.4, -0.2) is 34.0 Å². The van der Waals surface area contributed by atoms with Crippen LogP contribution in [0.25, 0.3) is 0 Å². The van der Waals surface area contributed by atoms with Crippen molar-refractivity contribution in [2.45, 2.75) is 23.3 Å². The minimum absolute atomic E-state index is 0.251. The summed E-state index contributed by atoms with van der Waals surface area (Å²) in [4.78, 5) is 12.7. The third-order valence-corrected chi connectivity index (χ3v) is 4.45. The molecule has 3 N–H and O–H groups in total.